The molecule has 1 amide bonds. The summed E-state index contributed by atoms with van der Waals surface area (Å²) in [6.45, 7) is 0.718. The lowest BCUT2D eigenvalue weighted by molar-refractivity contribution is -0.121. The summed E-state index contributed by atoms with van der Waals surface area (Å²) in [7, 11) is 3.71. The van der Waals surface area contributed by atoms with Gasteiger partial charge in [-0.05, 0) is 29.8 Å². The third kappa shape index (κ3) is 4.27. The number of nitrogens with zero attached hydrogens (tertiary/aromatic N) is 4. The predicted molar refractivity (Wildman–Crippen MR) is 129 cm³/mol. The number of aromatic nitrogens is 4. The molecule has 2 N–H and O–H groups in total. The lowest BCUT2D eigenvalue weighted by Crippen LogP contribution is -2.24. The Kier molecular flexibility index (Phi) is 5.82. The third-order valence-electron chi connectivity index (χ3n) is 5.45. The molecule has 5 aromatic rings. The van der Waals surface area contributed by atoms with Crippen LogP contribution in [0.1, 0.15) is 12.0 Å². The van der Waals surface area contributed by atoms with Gasteiger partial charge in [0, 0.05) is 26.2 Å². The number of carbonyl (C=O) groups is 1. The molecule has 0 aliphatic carbocycles. The smallest absolute Gasteiger partial charge is 0.251 e. The maximum atomic E-state index is 12.2. The van der Waals surface area contributed by atoms with Crippen molar-refractivity contribution >= 4 is 34.0 Å². The lowest BCUT2D eigenvalue weighted by atomic mass is 10.1. The van der Waals surface area contributed by atoms with Crippen LogP contribution in [0.25, 0.3) is 33.7 Å². The number of amides is 1. The average Bonchev–Trinajstić information content (AvgIpc) is 3.46. The fourth-order valence-corrected chi connectivity index (χ4v) is 3.76. The van der Waals surface area contributed by atoms with Gasteiger partial charge in [-0.2, -0.15) is 4.98 Å². The van der Waals surface area contributed by atoms with Crippen LogP contribution in [0.5, 0.6) is 5.75 Å². The van der Waals surface area contributed by atoms with E-state index in [9.17, 15) is 4.79 Å². The molecule has 9 nitrogen and oxygen atoms in total. The van der Waals surface area contributed by atoms with Gasteiger partial charge in [0.2, 0.25) is 11.8 Å². The summed E-state index contributed by atoms with van der Waals surface area (Å²) in [5, 5.41) is 5.99. The van der Waals surface area contributed by atoms with Gasteiger partial charge in [-0.25, -0.2) is 9.97 Å². The topological polar surface area (TPSA) is 107 Å². The molecule has 9 heteroatoms. The van der Waals surface area contributed by atoms with E-state index in [0.717, 1.165) is 27.9 Å². The predicted octanol–water partition coefficient (Wildman–Crippen LogP) is 3.90. The van der Waals surface area contributed by atoms with Crippen LogP contribution in [0.15, 0.2) is 65.3 Å². The van der Waals surface area contributed by atoms with Gasteiger partial charge >= 0.3 is 0 Å². The summed E-state index contributed by atoms with van der Waals surface area (Å²) < 4.78 is 13.5. The Morgan fingerprint density at radius 3 is 2.76 bits per heavy atom. The summed E-state index contributed by atoms with van der Waals surface area (Å²) in [4.78, 5) is 25.9. The lowest BCUT2D eigenvalue weighted by Gasteiger charge is -2.08. The molecule has 3 heterocycles. The molecule has 34 heavy (non-hydrogen) atoms. The molecule has 0 bridgehead atoms. The van der Waals surface area contributed by atoms with E-state index in [1.807, 2.05) is 66.2 Å². The molecule has 3 aromatic heterocycles. The number of para-hydroxylation sites is 1. The van der Waals surface area contributed by atoms with E-state index in [1.165, 1.54) is 0 Å². The van der Waals surface area contributed by atoms with Crippen LogP contribution in [0.4, 0.5) is 5.82 Å². The van der Waals surface area contributed by atoms with Gasteiger partial charge in [0.1, 0.15) is 16.8 Å². The molecule has 0 saturated carbocycles. The van der Waals surface area contributed by atoms with Crippen LogP contribution in [-0.2, 0) is 18.4 Å². The molecule has 0 unspecified atom stereocenters. The Balaban J connectivity index is 1.29. The number of imidazole rings is 1. The van der Waals surface area contributed by atoms with Crippen molar-refractivity contribution in [3.05, 3.63) is 66.5 Å². The van der Waals surface area contributed by atoms with Crippen molar-refractivity contribution in [2.45, 2.75) is 13.0 Å². The minimum absolute atomic E-state index is 0.0782. The van der Waals surface area contributed by atoms with E-state index in [4.69, 9.17) is 14.1 Å². The van der Waals surface area contributed by atoms with Crippen molar-refractivity contribution < 1.29 is 13.9 Å². The normalized spacial score (nSPS) is 11.1. The van der Waals surface area contributed by atoms with Crippen LogP contribution in [-0.4, -0.2) is 39.1 Å². The zero-order chi connectivity index (χ0) is 23.5. The van der Waals surface area contributed by atoms with Crippen LogP contribution in [0.3, 0.4) is 0 Å². The van der Waals surface area contributed by atoms with Crippen molar-refractivity contribution in [1.82, 2.24) is 24.8 Å². The number of benzene rings is 2. The Labute approximate surface area is 195 Å². The van der Waals surface area contributed by atoms with Gasteiger partial charge in [0.25, 0.3) is 5.71 Å². The number of rotatable bonds is 8. The molecule has 0 spiro atoms. The van der Waals surface area contributed by atoms with Crippen LogP contribution in [0.2, 0.25) is 0 Å². The summed E-state index contributed by atoms with van der Waals surface area (Å²) >= 11 is 0. The van der Waals surface area contributed by atoms with Crippen LogP contribution < -0.4 is 15.4 Å². The number of nitrogens with one attached hydrogen (secondary N) is 2. The van der Waals surface area contributed by atoms with Gasteiger partial charge in [-0.1, -0.05) is 30.3 Å². The van der Waals surface area contributed by atoms with Gasteiger partial charge in [0.05, 0.1) is 19.4 Å². The minimum Gasteiger partial charge on any atom is -0.493 e. The van der Waals surface area contributed by atoms with Crippen molar-refractivity contribution in [2.75, 3.05) is 19.0 Å². The van der Waals surface area contributed by atoms with E-state index in [2.05, 4.69) is 20.6 Å². The molecule has 0 fully saturated rings. The highest BCUT2D eigenvalue weighted by Gasteiger charge is 2.18. The van der Waals surface area contributed by atoms with Crippen molar-refractivity contribution in [3.63, 3.8) is 0 Å². The zero-order valence-electron chi connectivity index (χ0n) is 18.9. The van der Waals surface area contributed by atoms with Gasteiger partial charge in [-0.3, -0.25) is 4.79 Å². The first-order valence-corrected chi connectivity index (χ1v) is 11.0. The number of fused-ring (bicyclic) bond motifs is 3. The number of hydrogen-bond acceptors (Lipinski definition) is 7. The Morgan fingerprint density at radius 1 is 1.09 bits per heavy atom. The largest absolute Gasteiger partial charge is 0.493 e. The molecule has 0 aliphatic heterocycles. The van der Waals surface area contributed by atoms with Crippen molar-refractivity contribution in [3.8, 4) is 17.2 Å². The molecular weight excluding hydrogens is 432 g/mol. The fraction of sp³-hybridized carbons (Fsp3) is 0.200. The maximum absolute atomic E-state index is 12.2. The number of aryl methyl sites for hydroxylation is 1. The zero-order valence-corrected chi connectivity index (χ0v) is 18.9. The monoisotopic (exact) mass is 456 g/mol. The maximum Gasteiger partial charge on any atom is 0.251 e. The molecule has 0 radical (unpaired) electrons. The first kappa shape index (κ1) is 21.4. The molecule has 5 rings (SSSR count). The highest BCUT2D eigenvalue weighted by Crippen LogP contribution is 2.31. The first-order chi connectivity index (χ1) is 16.6. The highest BCUT2D eigenvalue weighted by atomic mass is 16.5. The Hall–Kier alpha value is -4.40. The summed E-state index contributed by atoms with van der Waals surface area (Å²) in [6, 6.07) is 17.2. The van der Waals surface area contributed by atoms with E-state index in [-0.39, 0.29) is 12.3 Å². The van der Waals surface area contributed by atoms with Crippen LogP contribution >= 0.6 is 0 Å². The molecule has 172 valence electrons. The van der Waals surface area contributed by atoms with Crippen LogP contribution in [0, 0.1) is 0 Å². The SMILES string of the molecule is CNc1nc2oc(-c3cccc(CNC(=O)CCOc4ccccc4)c3)nc2c2c1ncn2C. The second-order valence-electron chi connectivity index (χ2n) is 7.82. The van der Waals surface area contributed by atoms with E-state index >= 15 is 0 Å². The highest BCUT2D eigenvalue weighted by molar-refractivity contribution is 6.03. The summed E-state index contributed by atoms with van der Waals surface area (Å²) in [5.41, 5.74) is 4.43. The molecular formula is C25H24N6O3. The minimum atomic E-state index is -0.0782. The van der Waals surface area contributed by atoms with Crippen molar-refractivity contribution in [1.29, 1.82) is 0 Å². The van der Waals surface area contributed by atoms with E-state index < -0.39 is 0 Å². The number of pyridine rings is 1. The molecule has 2 aromatic carbocycles. The molecule has 0 aliphatic rings. The summed E-state index contributed by atoms with van der Waals surface area (Å²) in [5.74, 6) is 1.77. The number of anilines is 1. The first-order valence-electron chi connectivity index (χ1n) is 11.0. The van der Waals surface area contributed by atoms with E-state index in [1.54, 1.807) is 13.4 Å². The molecule has 0 saturated heterocycles. The van der Waals surface area contributed by atoms with Gasteiger partial charge < -0.3 is 24.4 Å². The number of carbonyl (C=O) groups excluding carboxylic acids is 1. The number of oxazole rings is 1. The second kappa shape index (κ2) is 9.22. The number of hydrogen-bond donors (Lipinski definition) is 2. The average molecular weight is 457 g/mol. The fourth-order valence-electron chi connectivity index (χ4n) is 3.76. The summed E-state index contributed by atoms with van der Waals surface area (Å²) in [6.07, 6.45) is 2.01. The van der Waals surface area contributed by atoms with E-state index in [0.29, 0.717) is 36.1 Å². The molecule has 0 atom stereocenters. The Bertz CT molecular complexity index is 1460. The van der Waals surface area contributed by atoms with Crippen molar-refractivity contribution in [2.24, 2.45) is 7.05 Å². The Morgan fingerprint density at radius 2 is 1.94 bits per heavy atom. The second-order valence-corrected chi connectivity index (χ2v) is 7.82. The standard InChI is InChI=1S/C25H24N6O3/c1-26-23-20-22(31(2)15-28-20)21-25(30-23)34-24(29-21)17-8-6-7-16(13-17)14-27-19(32)11-12-33-18-9-4-3-5-10-18/h3-10,13,15H,11-12,14H2,1-2H3,(H,26,30)(H,27,32). The quantitative estimate of drug-likeness (QED) is 0.365. The third-order valence-corrected chi connectivity index (χ3v) is 5.45. The van der Waals surface area contributed by atoms with Gasteiger partial charge in [-0.15, -0.1) is 0 Å². The number of ether oxygens (including phenoxy) is 1. The van der Waals surface area contributed by atoms with Gasteiger partial charge in [0.15, 0.2) is 11.3 Å².